The highest BCUT2D eigenvalue weighted by Crippen LogP contribution is 2.18. The molecule has 1 amide bonds. The number of rotatable bonds is 8. The van der Waals surface area contributed by atoms with Crippen LogP contribution in [-0.4, -0.2) is 42.9 Å². The lowest BCUT2D eigenvalue weighted by atomic mass is 10.1. The van der Waals surface area contributed by atoms with Crippen LogP contribution >= 0.6 is 24.0 Å². The monoisotopic (exact) mass is 492 g/mol. The molecule has 150 valence electrons. The minimum atomic E-state index is 0. The van der Waals surface area contributed by atoms with E-state index in [9.17, 15) is 4.79 Å². The summed E-state index contributed by atoms with van der Waals surface area (Å²) in [6, 6.07) is 20.6. The number of hydrogen-bond donors (Lipinski definition) is 2. The van der Waals surface area contributed by atoms with Crippen molar-refractivity contribution in [3.63, 3.8) is 0 Å². The summed E-state index contributed by atoms with van der Waals surface area (Å²) in [5.41, 5.74) is 8.49. The summed E-state index contributed by atoms with van der Waals surface area (Å²) in [6.07, 6.45) is 2.37. The van der Waals surface area contributed by atoms with Crippen molar-refractivity contribution >= 4 is 35.8 Å². The van der Waals surface area contributed by atoms with Crippen LogP contribution < -0.4 is 11.1 Å². The highest BCUT2D eigenvalue weighted by Gasteiger charge is 2.28. The van der Waals surface area contributed by atoms with Crippen molar-refractivity contribution in [2.75, 3.05) is 26.2 Å². The van der Waals surface area contributed by atoms with Gasteiger partial charge < -0.3 is 16.0 Å². The Labute approximate surface area is 184 Å². The topological polar surface area (TPSA) is 70.7 Å². The Hall–Kier alpha value is -2.09. The van der Waals surface area contributed by atoms with E-state index >= 15 is 0 Å². The number of halogens is 1. The molecule has 1 heterocycles. The molecule has 3 N–H and O–H groups in total. The van der Waals surface area contributed by atoms with E-state index < -0.39 is 0 Å². The first-order valence-electron chi connectivity index (χ1n) is 9.60. The highest BCUT2D eigenvalue weighted by atomic mass is 127. The third-order valence-electron chi connectivity index (χ3n) is 4.89. The normalized spacial score (nSPS) is 16.7. The number of likely N-dealkylation sites (tertiary alicyclic amines) is 1. The summed E-state index contributed by atoms with van der Waals surface area (Å²) < 4.78 is 0. The van der Waals surface area contributed by atoms with Gasteiger partial charge in [0.2, 0.25) is 5.91 Å². The number of carbonyl (C=O) groups excluding carboxylic acids is 1. The highest BCUT2D eigenvalue weighted by molar-refractivity contribution is 14.0. The Morgan fingerprint density at radius 2 is 1.64 bits per heavy atom. The molecule has 0 saturated carbocycles. The van der Waals surface area contributed by atoms with Gasteiger partial charge in [0.25, 0.3) is 0 Å². The van der Waals surface area contributed by atoms with Crippen LogP contribution in [0.5, 0.6) is 0 Å². The molecular weight excluding hydrogens is 463 g/mol. The number of amides is 1. The number of nitrogens with one attached hydrogen (secondary N) is 1. The molecule has 1 fully saturated rings. The van der Waals surface area contributed by atoms with E-state index in [-0.39, 0.29) is 35.8 Å². The van der Waals surface area contributed by atoms with E-state index in [0.717, 1.165) is 32.5 Å². The molecule has 1 aliphatic rings. The Morgan fingerprint density at radius 1 is 1.04 bits per heavy atom. The molecule has 28 heavy (non-hydrogen) atoms. The molecule has 0 spiro atoms. The second-order valence-electron chi connectivity index (χ2n) is 7.03. The van der Waals surface area contributed by atoms with Crippen molar-refractivity contribution in [2.24, 2.45) is 16.6 Å². The molecule has 1 unspecified atom stereocenters. The summed E-state index contributed by atoms with van der Waals surface area (Å²) in [5.74, 6) is 0.936. The van der Waals surface area contributed by atoms with Gasteiger partial charge in [-0.2, -0.15) is 0 Å². The zero-order chi connectivity index (χ0) is 18.9. The van der Waals surface area contributed by atoms with E-state index in [2.05, 4.69) is 34.6 Å². The number of carbonyl (C=O) groups is 1. The number of hydrogen-bond acceptors (Lipinski definition) is 2. The predicted molar refractivity (Wildman–Crippen MR) is 125 cm³/mol. The predicted octanol–water partition coefficient (Wildman–Crippen LogP) is 2.84. The van der Waals surface area contributed by atoms with E-state index in [1.54, 1.807) is 0 Å². The molecule has 0 aromatic heterocycles. The molecule has 0 aliphatic carbocycles. The van der Waals surface area contributed by atoms with Crippen LogP contribution in [0.2, 0.25) is 0 Å². The smallest absolute Gasteiger partial charge is 0.223 e. The first-order valence-corrected chi connectivity index (χ1v) is 9.60. The minimum absolute atomic E-state index is 0. The zero-order valence-corrected chi connectivity index (χ0v) is 18.4. The van der Waals surface area contributed by atoms with Crippen molar-refractivity contribution in [2.45, 2.75) is 19.3 Å². The van der Waals surface area contributed by atoms with E-state index in [1.807, 2.05) is 41.3 Å². The van der Waals surface area contributed by atoms with Crippen molar-refractivity contribution in [1.82, 2.24) is 10.2 Å². The Balaban J connectivity index is 0.00000280. The van der Waals surface area contributed by atoms with Gasteiger partial charge in [-0.3, -0.25) is 9.79 Å². The van der Waals surface area contributed by atoms with Gasteiger partial charge in [-0.25, -0.2) is 0 Å². The fourth-order valence-corrected chi connectivity index (χ4v) is 3.36. The maximum Gasteiger partial charge on any atom is 0.223 e. The molecular formula is C22H29IN4O. The lowest BCUT2D eigenvalue weighted by Crippen LogP contribution is -2.34. The molecule has 2 aromatic carbocycles. The number of guanidine groups is 1. The van der Waals surface area contributed by atoms with Gasteiger partial charge in [0.15, 0.2) is 5.96 Å². The summed E-state index contributed by atoms with van der Waals surface area (Å²) in [5, 5.41) is 3.15. The van der Waals surface area contributed by atoms with Gasteiger partial charge in [0.1, 0.15) is 0 Å². The van der Waals surface area contributed by atoms with Crippen LogP contribution in [0, 0.1) is 5.92 Å². The van der Waals surface area contributed by atoms with Gasteiger partial charge in [-0.1, -0.05) is 60.7 Å². The van der Waals surface area contributed by atoms with Crippen LogP contribution in [-0.2, 0) is 17.6 Å². The van der Waals surface area contributed by atoms with Crippen LogP contribution in [0.15, 0.2) is 65.7 Å². The Morgan fingerprint density at radius 3 is 2.29 bits per heavy atom. The Kier molecular flexibility index (Phi) is 9.27. The van der Waals surface area contributed by atoms with Crippen molar-refractivity contribution < 1.29 is 4.79 Å². The quantitative estimate of drug-likeness (QED) is 0.338. The van der Waals surface area contributed by atoms with Crippen LogP contribution in [0.3, 0.4) is 0 Å². The Bertz CT molecular complexity index is 752. The van der Waals surface area contributed by atoms with Gasteiger partial charge in [-0.05, 0) is 24.0 Å². The van der Waals surface area contributed by atoms with Gasteiger partial charge in [-0.15, -0.1) is 24.0 Å². The van der Waals surface area contributed by atoms with Gasteiger partial charge in [0.05, 0.1) is 0 Å². The summed E-state index contributed by atoms with van der Waals surface area (Å²) in [6.45, 7) is 2.89. The SMILES string of the molecule is I.NC(=NCC1CC(=O)N(CCc2ccccc2)C1)NCCc1ccccc1. The second kappa shape index (κ2) is 11.7. The zero-order valence-electron chi connectivity index (χ0n) is 16.1. The van der Waals surface area contributed by atoms with E-state index in [1.165, 1.54) is 11.1 Å². The fourth-order valence-electron chi connectivity index (χ4n) is 3.36. The van der Waals surface area contributed by atoms with Crippen molar-refractivity contribution in [1.29, 1.82) is 0 Å². The number of nitrogens with zero attached hydrogens (tertiary/aromatic N) is 2. The molecule has 0 radical (unpaired) electrons. The van der Waals surface area contributed by atoms with Crippen LogP contribution in [0.1, 0.15) is 17.5 Å². The number of aliphatic imine (C=N–C) groups is 1. The van der Waals surface area contributed by atoms with Crippen molar-refractivity contribution in [3.05, 3.63) is 71.8 Å². The van der Waals surface area contributed by atoms with Crippen LogP contribution in [0.25, 0.3) is 0 Å². The lowest BCUT2D eigenvalue weighted by Gasteiger charge is -2.16. The summed E-state index contributed by atoms with van der Waals surface area (Å²) in [4.78, 5) is 18.6. The average Bonchev–Trinajstić information content (AvgIpc) is 3.06. The van der Waals surface area contributed by atoms with Crippen LogP contribution in [0.4, 0.5) is 0 Å². The van der Waals surface area contributed by atoms with Gasteiger partial charge in [0, 0.05) is 38.5 Å². The molecule has 3 rings (SSSR count). The lowest BCUT2D eigenvalue weighted by molar-refractivity contribution is -0.127. The number of nitrogens with two attached hydrogens (primary N) is 1. The summed E-state index contributed by atoms with van der Waals surface area (Å²) >= 11 is 0. The maximum absolute atomic E-state index is 12.2. The second-order valence-corrected chi connectivity index (χ2v) is 7.03. The third-order valence-corrected chi connectivity index (χ3v) is 4.89. The molecule has 1 aliphatic heterocycles. The largest absolute Gasteiger partial charge is 0.370 e. The standard InChI is InChI=1S/C22H28N4O.HI/c23-22(24-13-11-18-7-3-1-4-8-18)25-16-20-15-21(27)26(17-20)14-12-19-9-5-2-6-10-19;/h1-10,20H,11-17H2,(H3,23,24,25);1H. The average molecular weight is 492 g/mol. The first kappa shape index (κ1) is 22.2. The molecule has 6 heteroatoms. The molecule has 5 nitrogen and oxygen atoms in total. The molecule has 1 saturated heterocycles. The van der Waals surface area contributed by atoms with Crippen molar-refractivity contribution in [3.8, 4) is 0 Å². The molecule has 0 bridgehead atoms. The maximum atomic E-state index is 12.2. The minimum Gasteiger partial charge on any atom is -0.370 e. The van der Waals surface area contributed by atoms with E-state index in [4.69, 9.17) is 5.73 Å². The fraction of sp³-hybridized carbons (Fsp3) is 0.364. The molecule has 1 atom stereocenters. The molecule has 2 aromatic rings. The van der Waals surface area contributed by atoms with E-state index in [0.29, 0.717) is 18.9 Å². The van der Waals surface area contributed by atoms with Gasteiger partial charge >= 0.3 is 0 Å². The first-order chi connectivity index (χ1) is 13.2. The summed E-state index contributed by atoms with van der Waals surface area (Å²) in [7, 11) is 0. The third kappa shape index (κ3) is 7.14. The number of benzene rings is 2.